The summed E-state index contributed by atoms with van der Waals surface area (Å²) in [5.41, 5.74) is 2.82. The maximum absolute atomic E-state index is 12.9. The van der Waals surface area contributed by atoms with Crippen LogP contribution in [-0.4, -0.2) is 17.2 Å². The molecular weight excluding hydrogens is 326 g/mol. The van der Waals surface area contributed by atoms with Crippen LogP contribution in [0.4, 0.5) is 4.79 Å². The minimum atomic E-state index is -0.522. The summed E-state index contributed by atoms with van der Waals surface area (Å²) >= 11 is 0. The lowest BCUT2D eigenvalue weighted by Crippen LogP contribution is -2.41. The first-order chi connectivity index (χ1) is 12.6. The lowest BCUT2D eigenvalue weighted by molar-refractivity contribution is 0.00847. The van der Waals surface area contributed by atoms with Crippen LogP contribution >= 0.6 is 0 Å². The van der Waals surface area contributed by atoms with Gasteiger partial charge >= 0.3 is 6.09 Å². The van der Waals surface area contributed by atoms with E-state index in [1.807, 2.05) is 73.7 Å². The van der Waals surface area contributed by atoms with E-state index in [1.54, 1.807) is 4.90 Å². The Balaban J connectivity index is 1.78. The summed E-state index contributed by atoms with van der Waals surface area (Å²) in [5.74, 6) is 0.796. The van der Waals surface area contributed by atoms with Gasteiger partial charge in [-0.15, -0.1) is 0 Å². The molecule has 4 rings (SSSR count). The van der Waals surface area contributed by atoms with Crippen molar-refractivity contribution in [2.75, 3.05) is 0 Å². The zero-order valence-corrected chi connectivity index (χ0v) is 14.7. The molecule has 0 radical (unpaired) electrons. The maximum Gasteiger partial charge on any atom is 0.414 e. The minimum Gasteiger partial charge on any atom is -0.471 e. The molecule has 0 unspecified atom stereocenters. The molecule has 2 aromatic rings. The van der Waals surface area contributed by atoms with Crippen molar-refractivity contribution in [3.05, 3.63) is 95.8 Å². The molecule has 1 fully saturated rings. The van der Waals surface area contributed by atoms with Crippen LogP contribution in [0.3, 0.4) is 0 Å². The highest BCUT2D eigenvalue weighted by molar-refractivity contribution is 5.72. The van der Waals surface area contributed by atoms with Gasteiger partial charge in [0, 0.05) is 0 Å². The predicted molar refractivity (Wildman–Crippen MR) is 99.1 cm³/mol. The van der Waals surface area contributed by atoms with Gasteiger partial charge in [-0.2, -0.15) is 0 Å². The second kappa shape index (κ2) is 6.71. The van der Waals surface area contributed by atoms with Crippen molar-refractivity contribution in [3.8, 4) is 0 Å². The summed E-state index contributed by atoms with van der Waals surface area (Å²) in [6, 6.07) is 19.5. The molecule has 2 aliphatic heterocycles. The topological polar surface area (TPSA) is 38.8 Å². The number of ether oxygens (including phenoxy) is 2. The fourth-order valence-electron chi connectivity index (χ4n) is 3.55. The van der Waals surface area contributed by atoms with Crippen molar-refractivity contribution in [2.24, 2.45) is 0 Å². The molecule has 4 heteroatoms. The van der Waals surface area contributed by atoms with Crippen LogP contribution in [0.15, 0.2) is 84.7 Å². The second-order valence-electron chi connectivity index (χ2n) is 6.63. The number of hydrogen-bond acceptors (Lipinski definition) is 3. The van der Waals surface area contributed by atoms with Gasteiger partial charge in [0.15, 0.2) is 12.3 Å². The van der Waals surface area contributed by atoms with Crippen molar-refractivity contribution in [1.29, 1.82) is 0 Å². The smallest absolute Gasteiger partial charge is 0.414 e. The quantitative estimate of drug-likeness (QED) is 0.723. The summed E-state index contributed by atoms with van der Waals surface area (Å²) in [4.78, 5) is 14.5. The monoisotopic (exact) mass is 347 g/mol. The number of amides is 1. The Hall–Kier alpha value is -3.01. The standard InChI is InChI=1S/C22H21NO3/c1-15-13-14-16(2)25-21(15)23-19(17-9-5-3-6-10-17)20(26-22(23)24)18-11-7-4-8-12-18/h3-12,14,19-21H,1,13H2,2H3/t19-,20+,21+/m1/s1. The largest absolute Gasteiger partial charge is 0.471 e. The van der Waals surface area contributed by atoms with E-state index in [0.29, 0.717) is 6.42 Å². The van der Waals surface area contributed by atoms with E-state index in [4.69, 9.17) is 9.47 Å². The molecule has 3 atom stereocenters. The van der Waals surface area contributed by atoms with Crippen LogP contribution in [-0.2, 0) is 9.47 Å². The highest BCUT2D eigenvalue weighted by atomic mass is 16.6. The number of benzene rings is 2. The zero-order valence-electron chi connectivity index (χ0n) is 14.7. The van der Waals surface area contributed by atoms with Gasteiger partial charge < -0.3 is 9.47 Å². The molecule has 0 spiro atoms. The van der Waals surface area contributed by atoms with Gasteiger partial charge in [-0.25, -0.2) is 4.79 Å². The first-order valence-electron chi connectivity index (χ1n) is 8.75. The Morgan fingerprint density at radius 2 is 1.58 bits per heavy atom. The molecule has 1 saturated heterocycles. The average molecular weight is 347 g/mol. The van der Waals surface area contributed by atoms with Gasteiger partial charge in [0.05, 0.1) is 5.76 Å². The average Bonchev–Trinajstić information content (AvgIpc) is 3.02. The van der Waals surface area contributed by atoms with Crippen molar-refractivity contribution in [1.82, 2.24) is 4.90 Å². The second-order valence-corrected chi connectivity index (χ2v) is 6.63. The minimum absolute atomic E-state index is 0.279. The number of carbonyl (C=O) groups excluding carboxylic acids is 1. The van der Waals surface area contributed by atoms with E-state index in [9.17, 15) is 4.79 Å². The molecule has 132 valence electrons. The molecule has 0 aromatic heterocycles. The van der Waals surface area contributed by atoms with E-state index >= 15 is 0 Å². The lowest BCUT2D eigenvalue weighted by atomic mass is 9.94. The van der Waals surface area contributed by atoms with Gasteiger partial charge in [0.1, 0.15) is 6.04 Å². The summed E-state index contributed by atoms with van der Waals surface area (Å²) in [5, 5.41) is 0. The SMILES string of the molecule is C=C1CC=C(C)O[C@@H]1N1C(=O)O[C@@H](c2ccccc2)[C@H]1c1ccccc1. The van der Waals surface area contributed by atoms with E-state index in [1.165, 1.54) is 0 Å². The van der Waals surface area contributed by atoms with Gasteiger partial charge in [-0.3, -0.25) is 4.90 Å². The highest BCUT2D eigenvalue weighted by Crippen LogP contribution is 2.46. The van der Waals surface area contributed by atoms with Crippen LogP contribution in [0.2, 0.25) is 0 Å². The maximum atomic E-state index is 12.9. The molecule has 26 heavy (non-hydrogen) atoms. The Bertz CT molecular complexity index is 844. The Labute approximate surface area is 153 Å². The third-order valence-electron chi connectivity index (χ3n) is 4.85. The zero-order chi connectivity index (χ0) is 18.1. The van der Waals surface area contributed by atoms with E-state index in [-0.39, 0.29) is 12.1 Å². The van der Waals surface area contributed by atoms with Crippen LogP contribution in [0.25, 0.3) is 0 Å². The van der Waals surface area contributed by atoms with Crippen LogP contribution in [0.1, 0.15) is 36.6 Å². The van der Waals surface area contributed by atoms with Crippen molar-refractivity contribution in [2.45, 2.75) is 31.7 Å². The summed E-state index contributed by atoms with van der Waals surface area (Å²) in [6.07, 6.45) is 1.37. The third kappa shape index (κ3) is 2.88. The van der Waals surface area contributed by atoms with Gasteiger partial charge in [-0.05, 0) is 36.1 Å². The first-order valence-corrected chi connectivity index (χ1v) is 8.75. The van der Waals surface area contributed by atoms with Gasteiger partial charge in [0.2, 0.25) is 0 Å². The lowest BCUT2D eigenvalue weighted by Gasteiger charge is -2.35. The fraction of sp³-hybridized carbons (Fsp3) is 0.227. The number of rotatable bonds is 3. The summed E-state index contributed by atoms with van der Waals surface area (Å²) in [7, 11) is 0. The first kappa shape index (κ1) is 16.5. The van der Waals surface area contributed by atoms with E-state index < -0.39 is 12.3 Å². The van der Waals surface area contributed by atoms with Crippen molar-refractivity contribution in [3.63, 3.8) is 0 Å². The molecular formula is C22H21NO3. The predicted octanol–water partition coefficient (Wildman–Crippen LogP) is 5.13. The Morgan fingerprint density at radius 1 is 0.962 bits per heavy atom. The molecule has 0 N–H and O–H groups in total. The van der Waals surface area contributed by atoms with Gasteiger partial charge in [-0.1, -0.05) is 67.2 Å². The normalized spacial score (nSPS) is 25.5. The molecule has 0 saturated carbocycles. The van der Waals surface area contributed by atoms with Crippen molar-refractivity contribution < 1.29 is 14.3 Å². The van der Waals surface area contributed by atoms with Crippen molar-refractivity contribution >= 4 is 6.09 Å². The molecule has 2 aromatic carbocycles. The molecule has 4 nitrogen and oxygen atoms in total. The number of cyclic esters (lactones) is 1. The number of hydrogen-bond donors (Lipinski definition) is 0. The van der Waals surface area contributed by atoms with Gasteiger partial charge in [0.25, 0.3) is 0 Å². The number of carbonyl (C=O) groups is 1. The summed E-state index contributed by atoms with van der Waals surface area (Å²) in [6.45, 7) is 6.01. The van der Waals surface area contributed by atoms with E-state index in [2.05, 4.69) is 6.58 Å². The van der Waals surface area contributed by atoms with Crippen LogP contribution < -0.4 is 0 Å². The molecule has 0 bridgehead atoms. The fourth-order valence-corrected chi connectivity index (χ4v) is 3.55. The Kier molecular flexibility index (Phi) is 4.25. The number of nitrogens with zero attached hydrogens (tertiary/aromatic N) is 1. The Morgan fingerprint density at radius 3 is 2.23 bits per heavy atom. The van der Waals surface area contributed by atoms with E-state index in [0.717, 1.165) is 22.5 Å². The molecule has 2 heterocycles. The molecule has 0 aliphatic carbocycles. The third-order valence-corrected chi connectivity index (χ3v) is 4.85. The van der Waals surface area contributed by atoms with Crippen LogP contribution in [0.5, 0.6) is 0 Å². The van der Waals surface area contributed by atoms with Crippen LogP contribution in [0, 0.1) is 0 Å². The molecule has 2 aliphatic rings. The highest BCUT2D eigenvalue weighted by Gasteiger charge is 2.48. The summed E-state index contributed by atoms with van der Waals surface area (Å²) < 4.78 is 11.8. The number of allylic oxidation sites excluding steroid dienone is 2. The molecule has 1 amide bonds.